The Bertz CT molecular complexity index is 1140. The summed E-state index contributed by atoms with van der Waals surface area (Å²) in [6, 6.07) is 3.87. The first-order valence-electron chi connectivity index (χ1n) is 9.82. The van der Waals surface area contributed by atoms with Crippen LogP contribution in [0.15, 0.2) is 34.3 Å². The molecule has 2 aromatic heterocycles. The number of carbonyl (C=O) groups excluding carboxylic acids is 2. The highest BCUT2D eigenvalue weighted by Gasteiger charge is 2.69. The number of likely N-dealkylation sites (tertiary alicyclic amines) is 1. The van der Waals surface area contributed by atoms with E-state index in [0.717, 1.165) is 26.8 Å². The van der Waals surface area contributed by atoms with Crippen LogP contribution in [0.25, 0.3) is 0 Å². The first-order valence-corrected chi connectivity index (χ1v) is 11.5. The normalized spacial score (nSPS) is 36.0. The summed E-state index contributed by atoms with van der Waals surface area (Å²) < 4.78 is 0. The number of pyridine rings is 1. The number of hydrogen-bond acceptors (Lipinski definition) is 7. The Morgan fingerprint density at radius 2 is 2.00 bits per heavy atom. The number of amides is 2. The lowest BCUT2D eigenvalue weighted by Gasteiger charge is -2.42. The van der Waals surface area contributed by atoms with Crippen molar-refractivity contribution in [1.82, 2.24) is 14.9 Å². The highest BCUT2D eigenvalue weighted by Crippen LogP contribution is 2.68. The zero-order valence-corrected chi connectivity index (χ0v) is 17.2. The third-order valence-electron chi connectivity index (χ3n) is 7.15. The monoisotopic (exact) mass is 443 g/mol. The van der Waals surface area contributed by atoms with E-state index in [0.29, 0.717) is 0 Å². The van der Waals surface area contributed by atoms with E-state index in [4.69, 9.17) is 5.11 Å². The van der Waals surface area contributed by atoms with Gasteiger partial charge in [-0.15, -0.1) is 11.8 Å². The van der Waals surface area contributed by atoms with E-state index in [1.165, 1.54) is 11.3 Å². The molecule has 2 amide bonds. The van der Waals surface area contributed by atoms with Crippen molar-refractivity contribution in [2.24, 2.45) is 29.6 Å². The second-order valence-corrected chi connectivity index (χ2v) is 10.6. The summed E-state index contributed by atoms with van der Waals surface area (Å²) in [5, 5.41) is 10.1. The lowest BCUT2D eigenvalue weighted by atomic mass is 9.68. The van der Waals surface area contributed by atoms with Crippen LogP contribution in [0.2, 0.25) is 0 Å². The number of rotatable bonds is 3. The molecule has 2 N–H and O–H groups in total. The first kappa shape index (κ1) is 18.3. The minimum Gasteiger partial charge on any atom is -0.480 e. The van der Waals surface area contributed by atoms with Gasteiger partial charge in [0.15, 0.2) is 0 Å². The van der Waals surface area contributed by atoms with Gasteiger partial charge < -0.3 is 10.1 Å². The Balaban J connectivity index is 1.45. The largest absolute Gasteiger partial charge is 0.480 e. The predicted octanol–water partition coefficient (Wildman–Crippen LogP) is 1.39. The molecule has 0 radical (unpaired) electrons. The summed E-state index contributed by atoms with van der Waals surface area (Å²) in [7, 11) is 0. The third kappa shape index (κ3) is 2.31. The van der Waals surface area contributed by atoms with Crippen molar-refractivity contribution >= 4 is 40.9 Å². The molecule has 2 aromatic rings. The van der Waals surface area contributed by atoms with Crippen LogP contribution in [0.3, 0.4) is 0 Å². The average molecular weight is 444 g/mol. The fraction of sp³-hybridized carbons (Fsp3) is 0.450. The second kappa shape index (κ2) is 6.27. The van der Waals surface area contributed by atoms with Gasteiger partial charge >= 0.3 is 10.8 Å². The second-order valence-electron chi connectivity index (χ2n) is 8.40. The number of aromatic amines is 1. The van der Waals surface area contributed by atoms with Gasteiger partial charge in [-0.1, -0.05) is 17.4 Å². The number of H-pyrrole nitrogens is 1. The number of thioether (sulfide) groups is 1. The van der Waals surface area contributed by atoms with Crippen molar-refractivity contribution < 1.29 is 19.5 Å². The molecule has 154 valence electrons. The molecule has 10 heteroatoms. The lowest BCUT2D eigenvalue weighted by Crippen LogP contribution is -2.42. The minimum absolute atomic E-state index is 0.000897. The SMILES string of the molecule is O=C(O)CN1C(=O)[C@@H]2[C@H]3C[C@@H]([C@@H]2C1=O)[C@H]1[C@@H](c2cccnc2)c2sc(=O)[nH]c2S[C@H]31. The maximum Gasteiger partial charge on any atom is 0.323 e. The van der Waals surface area contributed by atoms with Crippen molar-refractivity contribution in [1.29, 1.82) is 0 Å². The molecule has 2 aliphatic carbocycles. The number of carboxylic acid groups (broad SMARTS) is 1. The summed E-state index contributed by atoms with van der Waals surface area (Å²) >= 11 is 2.82. The molecular weight excluding hydrogens is 426 g/mol. The number of nitrogens with one attached hydrogen (secondary N) is 1. The third-order valence-corrected chi connectivity index (χ3v) is 9.74. The molecule has 2 aliphatic heterocycles. The van der Waals surface area contributed by atoms with Crippen LogP contribution in [0.5, 0.6) is 0 Å². The molecule has 0 unspecified atom stereocenters. The van der Waals surface area contributed by atoms with Gasteiger partial charge in [-0.05, 0) is 35.8 Å². The van der Waals surface area contributed by atoms with Gasteiger partial charge in [0.25, 0.3) is 0 Å². The van der Waals surface area contributed by atoms with Gasteiger partial charge in [0.05, 0.1) is 16.9 Å². The molecule has 2 saturated carbocycles. The molecule has 1 saturated heterocycles. The number of hydrogen-bond donors (Lipinski definition) is 2. The molecule has 4 aliphatic rings. The Morgan fingerprint density at radius 3 is 2.70 bits per heavy atom. The van der Waals surface area contributed by atoms with E-state index in [2.05, 4.69) is 9.97 Å². The van der Waals surface area contributed by atoms with Gasteiger partial charge in [0.2, 0.25) is 11.8 Å². The van der Waals surface area contributed by atoms with Crippen LogP contribution in [0, 0.1) is 29.6 Å². The van der Waals surface area contributed by atoms with Crippen LogP contribution < -0.4 is 4.87 Å². The number of carboxylic acids is 1. The van der Waals surface area contributed by atoms with Crippen LogP contribution in [0.1, 0.15) is 22.8 Å². The average Bonchev–Trinajstić information content (AvgIpc) is 3.44. The lowest BCUT2D eigenvalue weighted by molar-refractivity contribution is -0.149. The maximum atomic E-state index is 13.1. The van der Waals surface area contributed by atoms with Gasteiger partial charge in [-0.2, -0.15) is 0 Å². The van der Waals surface area contributed by atoms with Crippen LogP contribution in [-0.2, 0) is 14.4 Å². The van der Waals surface area contributed by atoms with Gasteiger partial charge in [-0.25, -0.2) is 0 Å². The van der Waals surface area contributed by atoms with E-state index < -0.39 is 24.3 Å². The summed E-state index contributed by atoms with van der Waals surface area (Å²) in [6.45, 7) is -0.570. The number of aromatic nitrogens is 2. The van der Waals surface area contributed by atoms with Gasteiger partial charge in [0.1, 0.15) is 6.54 Å². The Hall–Kier alpha value is -2.46. The summed E-state index contributed by atoms with van der Waals surface area (Å²) in [5.74, 6) is -2.74. The molecule has 3 fully saturated rings. The summed E-state index contributed by atoms with van der Waals surface area (Å²) in [4.78, 5) is 58.4. The number of thiazole rings is 1. The van der Waals surface area contributed by atoms with E-state index in [9.17, 15) is 19.2 Å². The van der Waals surface area contributed by atoms with E-state index >= 15 is 0 Å². The van der Waals surface area contributed by atoms with Gasteiger partial charge in [0, 0.05) is 28.4 Å². The van der Waals surface area contributed by atoms with Crippen LogP contribution >= 0.6 is 23.1 Å². The highest BCUT2D eigenvalue weighted by atomic mass is 32.2. The molecule has 6 rings (SSSR count). The van der Waals surface area contributed by atoms with Crippen molar-refractivity contribution in [3.63, 3.8) is 0 Å². The smallest absolute Gasteiger partial charge is 0.323 e. The predicted molar refractivity (Wildman–Crippen MR) is 107 cm³/mol. The Morgan fingerprint density at radius 1 is 1.23 bits per heavy atom. The van der Waals surface area contributed by atoms with Crippen LogP contribution in [0.4, 0.5) is 0 Å². The molecule has 2 bridgehead atoms. The molecule has 0 aromatic carbocycles. The topological polar surface area (TPSA) is 120 Å². The van der Waals surface area contributed by atoms with Crippen molar-refractivity contribution in [3.05, 3.63) is 44.6 Å². The summed E-state index contributed by atoms with van der Waals surface area (Å²) in [6.07, 6.45) is 4.30. The minimum atomic E-state index is -1.18. The van der Waals surface area contributed by atoms with Crippen LogP contribution in [-0.4, -0.2) is 49.6 Å². The number of imide groups is 1. The number of aliphatic carboxylic acids is 1. The Kier molecular flexibility index (Phi) is 3.83. The number of fused-ring (bicyclic) bond motifs is 9. The fourth-order valence-electron chi connectivity index (χ4n) is 6.30. The highest BCUT2D eigenvalue weighted by molar-refractivity contribution is 8.00. The number of carbonyl (C=O) groups is 3. The van der Waals surface area contributed by atoms with E-state index in [1.807, 2.05) is 18.3 Å². The number of nitrogens with zero attached hydrogens (tertiary/aromatic N) is 2. The molecule has 7 atom stereocenters. The fourth-order valence-corrected chi connectivity index (χ4v) is 9.19. The van der Waals surface area contributed by atoms with Crippen molar-refractivity contribution in [2.75, 3.05) is 6.54 Å². The standard InChI is InChI=1S/C20H17N3O5S2/c24-10(25)6-23-18(26)13-8-4-9(14(13)19(23)27)15-12(8)11(7-2-1-3-21-5-7)16-17(29-15)22-20(28)30-16/h1-3,5,8-9,11-15H,4,6H2,(H,22,28)(H,24,25)/t8-,9-,11-,12+,13+,14-,15-/m1/s1. The molecular formula is C20H17N3O5S2. The van der Waals surface area contributed by atoms with E-state index in [-0.39, 0.29) is 45.6 Å². The zero-order chi connectivity index (χ0) is 20.7. The van der Waals surface area contributed by atoms with E-state index in [1.54, 1.807) is 18.0 Å². The zero-order valence-electron chi connectivity index (χ0n) is 15.6. The Labute approximate surface area is 178 Å². The van der Waals surface area contributed by atoms with Crippen molar-refractivity contribution in [2.45, 2.75) is 22.6 Å². The molecule has 30 heavy (non-hydrogen) atoms. The molecule has 0 spiro atoms. The summed E-state index contributed by atoms with van der Waals surface area (Å²) in [5.41, 5.74) is 1.01. The quantitative estimate of drug-likeness (QED) is 0.688. The molecule has 4 heterocycles. The first-order chi connectivity index (χ1) is 14.5. The molecule has 8 nitrogen and oxygen atoms in total. The van der Waals surface area contributed by atoms with Gasteiger partial charge in [-0.3, -0.25) is 29.1 Å². The maximum absolute atomic E-state index is 13.1. The van der Waals surface area contributed by atoms with Crippen molar-refractivity contribution in [3.8, 4) is 0 Å².